The van der Waals surface area contributed by atoms with E-state index in [-0.39, 0.29) is 29.9 Å². The molecule has 2 aliphatic heterocycles. The molecule has 0 saturated carbocycles. The molecule has 2 aliphatic rings. The van der Waals surface area contributed by atoms with Gasteiger partial charge in [-0.1, -0.05) is 13.8 Å². The first-order chi connectivity index (χ1) is 14.1. The third-order valence-corrected chi connectivity index (χ3v) is 5.90. The average molecular weight is 532 g/mol. The Kier molecular flexibility index (Phi) is 10.4. The fourth-order valence-electron chi connectivity index (χ4n) is 4.07. The summed E-state index contributed by atoms with van der Waals surface area (Å²) in [6.07, 6.45) is 1.54. The Morgan fingerprint density at radius 3 is 2.30 bits per heavy atom. The van der Waals surface area contributed by atoms with Crippen LogP contribution in [0.1, 0.15) is 24.4 Å². The molecule has 1 aromatic heterocycles. The first kappa shape index (κ1) is 24.9. The summed E-state index contributed by atoms with van der Waals surface area (Å²) in [6, 6.07) is 3.47. The van der Waals surface area contributed by atoms with Crippen LogP contribution in [-0.4, -0.2) is 111 Å². The van der Waals surface area contributed by atoms with Crippen molar-refractivity contribution in [2.24, 2.45) is 10.9 Å². The Bertz CT molecular complexity index is 652. The molecule has 1 unspecified atom stereocenters. The van der Waals surface area contributed by atoms with Crippen LogP contribution in [0.15, 0.2) is 27.8 Å². The molecule has 1 N–H and O–H groups in total. The van der Waals surface area contributed by atoms with Gasteiger partial charge in [0.15, 0.2) is 11.7 Å². The SMILES string of the molecule is CCN1CCN(CC(C)CNC(=NC)N2CCN(C(=O)c3ccco3)CC2)CC1.I. The van der Waals surface area contributed by atoms with E-state index in [1.807, 2.05) is 11.9 Å². The first-order valence-electron chi connectivity index (χ1n) is 10.8. The summed E-state index contributed by atoms with van der Waals surface area (Å²) < 4.78 is 5.24. The fraction of sp³-hybridized carbons (Fsp3) is 0.714. The van der Waals surface area contributed by atoms with Gasteiger partial charge in [-0.15, -0.1) is 24.0 Å². The number of halogens is 1. The van der Waals surface area contributed by atoms with Gasteiger partial charge in [0.25, 0.3) is 5.91 Å². The third kappa shape index (κ3) is 6.84. The quantitative estimate of drug-likeness (QED) is 0.341. The van der Waals surface area contributed by atoms with Crippen LogP contribution in [0.2, 0.25) is 0 Å². The van der Waals surface area contributed by atoms with Crippen LogP contribution in [0, 0.1) is 5.92 Å². The molecule has 2 fully saturated rings. The number of likely N-dealkylation sites (N-methyl/N-ethyl adjacent to an activating group) is 1. The van der Waals surface area contributed by atoms with Crippen LogP contribution >= 0.6 is 24.0 Å². The Balaban J connectivity index is 0.00000320. The lowest BCUT2D eigenvalue weighted by molar-refractivity contribution is 0.0657. The van der Waals surface area contributed by atoms with Gasteiger partial charge in [-0.05, 0) is 24.6 Å². The van der Waals surface area contributed by atoms with Crippen LogP contribution in [-0.2, 0) is 0 Å². The van der Waals surface area contributed by atoms with Gasteiger partial charge >= 0.3 is 0 Å². The van der Waals surface area contributed by atoms with E-state index in [0.29, 0.717) is 24.8 Å². The number of furan rings is 1. The van der Waals surface area contributed by atoms with Crippen molar-refractivity contribution in [3.05, 3.63) is 24.2 Å². The van der Waals surface area contributed by atoms with Gasteiger partial charge in [0.05, 0.1) is 6.26 Å². The standard InChI is InChI=1S/C21H36N6O2.HI/c1-4-24-7-9-25(10-8-24)17-18(2)16-23-21(22-3)27-13-11-26(12-14-27)20(28)19-6-5-15-29-19;/h5-6,15,18H,4,7-14,16-17H2,1-3H3,(H,22,23);1H. The van der Waals surface area contributed by atoms with E-state index < -0.39 is 0 Å². The number of aliphatic imine (C=N–C) groups is 1. The summed E-state index contributed by atoms with van der Waals surface area (Å²) >= 11 is 0. The number of carbonyl (C=O) groups is 1. The summed E-state index contributed by atoms with van der Waals surface area (Å²) in [4.78, 5) is 26.0. The van der Waals surface area contributed by atoms with Gasteiger partial charge in [-0.2, -0.15) is 0 Å². The molecular formula is C21H37IN6O2. The van der Waals surface area contributed by atoms with Gasteiger partial charge < -0.3 is 29.3 Å². The van der Waals surface area contributed by atoms with E-state index >= 15 is 0 Å². The molecule has 0 aliphatic carbocycles. The second-order valence-corrected chi connectivity index (χ2v) is 8.02. The van der Waals surface area contributed by atoms with Gasteiger partial charge in [0.2, 0.25) is 0 Å². The van der Waals surface area contributed by atoms with E-state index in [2.05, 4.69) is 38.9 Å². The molecule has 3 heterocycles. The van der Waals surface area contributed by atoms with Crippen LogP contribution in [0.5, 0.6) is 0 Å². The van der Waals surface area contributed by atoms with E-state index in [1.54, 1.807) is 18.4 Å². The molecule has 9 heteroatoms. The van der Waals surface area contributed by atoms with E-state index in [0.717, 1.165) is 38.7 Å². The van der Waals surface area contributed by atoms with Gasteiger partial charge in [-0.3, -0.25) is 9.79 Å². The van der Waals surface area contributed by atoms with Crippen molar-refractivity contribution < 1.29 is 9.21 Å². The monoisotopic (exact) mass is 532 g/mol. The summed E-state index contributed by atoms with van der Waals surface area (Å²) in [6.45, 7) is 15.3. The van der Waals surface area contributed by atoms with Gasteiger partial charge in [-0.25, -0.2) is 0 Å². The van der Waals surface area contributed by atoms with Crippen molar-refractivity contribution in [3.8, 4) is 0 Å². The average Bonchev–Trinajstić information content (AvgIpc) is 3.29. The van der Waals surface area contributed by atoms with Crippen molar-refractivity contribution in [2.45, 2.75) is 13.8 Å². The molecule has 2 saturated heterocycles. The number of hydrogen-bond donors (Lipinski definition) is 1. The molecular weight excluding hydrogens is 495 g/mol. The van der Waals surface area contributed by atoms with E-state index in [1.165, 1.54) is 26.2 Å². The maximum Gasteiger partial charge on any atom is 0.289 e. The molecule has 0 bridgehead atoms. The Labute approximate surface area is 197 Å². The zero-order valence-corrected chi connectivity index (χ0v) is 20.9. The third-order valence-electron chi connectivity index (χ3n) is 5.90. The van der Waals surface area contributed by atoms with Crippen molar-refractivity contribution in [1.82, 2.24) is 24.9 Å². The minimum absolute atomic E-state index is 0. The van der Waals surface area contributed by atoms with Gasteiger partial charge in [0, 0.05) is 72.5 Å². The fourth-order valence-corrected chi connectivity index (χ4v) is 4.07. The van der Waals surface area contributed by atoms with Crippen LogP contribution in [0.3, 0.4) is 0 Å². The van der Waals surface area contributed by atoms with Crippen LogP contribution in [0.4, 0.5) is 0 Å². The number of rotatable bonds is 6. The first-order valence-corrected chi connectivity index (χ1v) is 10.8. The summed E-state index contributed by atoms with van der Waals surface area (Å²) in [5.74, 6) is 1.86. The smallest absolute Gasteiger partial charge is 0.289 e. The number of nitrogens with zero attached hydrogens (tertiary/aromatic N) is 5. The molecule has 1 atom stereocenters. The maximum atomic E-state index is 12.4. The van der Waals surface area contributed by atoms with Crippen molar-refractivity contribution in [1.29, 1.82) is 0 Å². The number of carbonyl (C=O) groups excluding carboxylic acids is 1. The number of guanidine groups is 1. The normalized spacial score (nSPS) is 20.0. The number of piperazine rings is 2. The van der Waals surface area contributed by atoms with E-state index in [4.69, 9.17) is 4.42 Å². The summed E-state index contributed by atoms with van der Waals surface area (Å²) in [5.41, 5.74) is 0. The molecule has 0 radical (unpaired) electrons. The predicted octanol–water partition coefficient (Wildman–Crippen LogP) is 1.50. The molecule has 0 aromatic carbocycles. The lowest BCUT2D eigenvalue weighted by Crippen LogP contribution is -2.54. The second kappa shape index (κ2) is 12.5. The van der Waals surface area contributed by atoms with E-state index in [9.17, 15) is 4.79 Å². The maximum absolute atomic E-state index is 12.4. The molecule has 8 nitrogen and oxygen atoms in total. The zero-order chi connectivity index (χ0) is 20.6. The minimum Gasteiger partial charge on any atom is -0.459 e. The van der Waals surface area contributed by atoms with Crippen LogP contribution in [0.25, 0.3) is 0 Å². The lowest BCUT2D eigenvalue weighted by Gasteiger charge is -2.37. The summed E-state index contributed by atoms with van der Waals surface area (Å²) in [7, 11) is 1.83. The second-order valence-electron chi connectivity index (χ2n) is 8.02. The Morgan fingerprint density at radius 2 is 1.73 bits per heavy atom. The molecule has 1 amide bonds. The van der Waals surface area contributed by atoms with Crippen LogP contribution < -0.4 is 5.32 Å². The lowest BCUT2D eigenvalue weighted by atomic mass is 10.1. The minimum atomic E-state index is -0.0330. The summed E-state index contributed by atoms with van der Waals surface area (Å²) in [5, 5.41) is 3.54. The number of nitrogens with one attached hydrogen (secondary N) is 1. The van der Waals surface area contributed by atoms with Crippen molar-refractivity contribution in [3.63, 3.8) is 0 Å². The molecule has 30 heavy (non-hydrogen) atoms. The zero-order valence-electron chi connectivity index (χ0n) is 18.5. The van der Waals surface area contributed by atoms with Crippen molar-refractivity contribution in [2.75, 3.05) is 79.0 Å². The van der Waals surface area contributed by atoms with Gasteiger partial charge in [0.1, 0.15) is 0 Å². The highest BCUT2D eigenvalue weighted by Crippen LogP contribution is 2.10. The molecule has 3 rings (SSSR count). The molecule has 0 spiro atoms. The van der Waals surface area contributed by atoms with Crippen molar-refractivity contribution >= 4 is 35.8 Å². The highest BCUT2D eigenvalue weighted by Gasteiger charge is 2.25. The molecule has 1 aromatic rings. The number of amides is 1. The largest absolute Gasteiger partial charge is 0.459 e. The Morgan fingerprint density at radius 1 is 1.10 bits per heavy atom. The predicted molar refractivity (Wildman–Crippen MR) is 131 cm³/mol. The topological polar surface area (TPSA) is 67.6 Å². The highest BCUT2D eigenvalue weighted by atomic mass is 127. The molecule has 170 valence electrons. The number of hydrogen-bond acceptors (Lipinski definition) is 5. The Hall–Kier alpha value is -1.33. The highest BCUT2D eigenvalue weighted by molar-refractivity contribution is 14.0.